The van der Waals surface area contributed by atoms with E-state index < -0.39 is 0 Å². The molecule has 0 saturated heterocycles. The van der Waals surface area contributed by atoms with Gasteiger partial charge in [0.15, 0.2) is 0 Å². The van der Waals surface area contributed by atoms with Crippen molar-refractivity contribution >= 4 is 5.91 Å². The maximum absolute atomic E-state index is 12.5. The Balaban J connectivity index is 2.14. The van der Waals surface area contributed by atoms with Gasteiger partial charge in [-0.1, -0.05) is 0 Å². The van der Waals surface area contributed by atoms with Crippen molar-refractivity contribution in [1.29, 1.82) is 0 Å². The Morgan fingerprint density at radius 3 is 2.55 bits per heavy atom. The van der Waals surface area contributed by atoms with Crippen molar-refractivity contribution in [3.63, 3.8) is 0 Å². The predicted octanol–water partition coefficient (Wildman–Crippen LogP) is 1.70. The van der Waals surface area contributed by atoms with Gasteiger partial charge in [0.2, 0.25) is 0 Å². The zero-order valence-corrected chi connectivity index (χ0v) is 12.5. The van der Waals surface area contributed by atoms with Gasteiger partial charge in [0.1, 0.15) is 0 Å². The average Bonchev–Trinajstić information content (AvgIpc) is 3.04. The van der Waals surface area contributed by atoms with Crippen molar-refractivity contribution in [3.8, 4) is 0 Å². The summed E-state index contributed by atoms with van der Waals surface area (Å²) in [6.45, 7) is 8.09. The number of aryl methyl sites for hydroxylation is 2. The molecule has 2 aromatic rings. The Morgan fingerprint density at radius 1 is 1.25 bits per heavy atom. The van der Waals surface area contributed by atoms with E-state index in [0.717, 1.165) is 24.5 Å². The molecule has 1 amide bonds. The third kappa shape index (κ3) is 2.59. The van der Waals surface area contributed by atoms with Crippen LogP contribution in [0.25, 0.3) is 0 Å². The van der Waals surface area contributed by atoms with Crippen LogP contribution >= 0.6 is 0 Å². The molecule has 2 heterocycles. The number of carbonyl (C=O) groups excluding carboxylic acids is 1. The predicted molar refractivity (Wildman–Crippen MR) is 76.3 cm³/mol. The van der Waals surface area contributed by atoms with E-state index in [2.05, 4.69) is 10.2 Å². The highest BCUT2D eigenvalue weighted by Gasteiger charge is 2.18. The minimum atomic E-state index is -0.00828. The summed E-state index contributed by atoms with van der Waals surface area (Å²) in [6, 6.07) is 1.94. The molecule has 0 bridgehead atoms. The molecular weight excluding hydrogens is 254 g/mol. The summed E-state index contributed by atoms with van der Waals surface area (Å²) in [5.41, 5.74) is 2.61. The highest BCUT2D eigenvalue weighted by Crippen LogP contribution is 2.12. The Bertz CT molecular complexity index is 598. The molecule has 6 heteroatoms. The lowest BCUT2D eigenvalue weighted by atomic mass is 10.2. The zero-order valence-electron chi connectivity index (χ0n) is 12.5. The minimum Gasteiger partial charge on any atom is -0.336 e. The van der Waals surface area contributed by atoms with Gasteiger partial charge < -0.3 is 4.90 Å². The van der Waals surface area contributed by atoms with Gasteiger partial charge in [-0.25, -0.2) is 0 Å². The van der Waals surface area contributed by atoms with E-state index in [0.29, 0.717) is 12.1 Å². The van der Waals surface area contributed by atoms with Gasteiger partial charge >= 0.3 is 0 Å². The lowest BCUT2D eigenvalue weighted by Gasteiger charge is -2.17. The number of nitrogens with zero attached hydrogens (tertiary/aromatic N) is 5. The quantitative estimate of drug-likeness (QED) is 0.834. The van der Waals surface area contributed by atoms with E-state index in [1.807, 2.05) is 36.2 Å². The van der Waals surface area contributed by atoms with Crippen molar-refractivity contribution in [2.45, 2.75) is 40.4 Å². The van der Waals surface area contributed by atoms with Crippen molar-refractivity contribution in [3.05, 3.63) is 35.4 Å². The highest BCUT2D eigenvalue weighted by molar-refractivity contribution is 5.94. The maximum Gasteiger partial charge on any atom is 0.257 e. The first kappa shape index (κ1) is 14.3. The first-order chi connectivity index (χ1) is 9.58. The van der Waals surface area contributed by atoms with Crippen LogP contribution in [0.15, 0.2) is 18.5 Å². The third-order valence-corrected chi connectivity index (χ3v) is 3.48. The van der Waals surface area contributed by atoms with Gasteiger partial charge in [-0.05, 0) is 26.8 Å². The van der Waals surface area contributed by atoms with Crippen LogP contribution < -0.4 is 0 Å². The summed E-state index contributed by atoms with van der Waals surface area (Å²) in [5.74, 6) is -0.00828. The van der Waals surface area contributed by atoms with Crippen LogP contribution in [0, 0.1) is 6.92 Å². The molecule has 0 aliphatic rings. The van der Waals surface area contributed by atoms with Gasteiger partial charge in [-0.2, -0.15) is 10.2 Å². The van der Waals surface area contributed by atoms with Gasteiger partial charge in [0.25, 0.3) is 5.91 Å². The summed E-state index contributed by atoms with van der Waals surface area (Å²) in [7, 11) is 1.80. The van der Waals surface area contributed by atoms with E-state index in [-0.39, 0.29) is 5.91 Å². The molecule has 0 atom stereocenters. The number of aromatic nitrogens is 4. The molecule has 0 saturated carbocycles. The summed E-state index contributed by atoms with van der Waals surface area (Å²) < 4.78 is 3.73. The molecular formula is C14H21N5O. The van der Waals surface area contributed by atoms with E-state index in [9.17, 15) is 4.79 Å². The molecule has 0 aliphatic carbocycles. The topological polar surface area (TPSA) is 56.0 Å². The first-order valence-electron chi connectivity index (χ1n) is 6.87. The standard InChI is InChI=1S/C14H21N5O/c1-5-18-11(3)13(9-16-18)14(20)17(4)10-12-7-8-15-19(12)6-2/h7-9H,5-6,10H2,1-4H3. The van der Waals surface area contributed by atoms with Crippen molar-refractivity contribution in [2.75, 3.05) is 7.05 Å². The summed E-state index contributed by atoms with van der Waals surface area (Å²) in [4.78, 5) is 14.2. The fourth-order valence-electron chi connectivity index (χ4n) is 2.27. The molecule has 0 aliphatic heterocycles. The molecule has 6 nitrogen and oxygen atoms in total. The Morgan fingerprint density at radius 2 is 1.95 bits per heavy atom. The number of carbonyl (C=O) groups is 1. The molecule has 0 spiro atoms. The van der Waals surface area contributed by atoms with Crippen LogP contribution in [0.3, 0.4) is 0 Å². The maximum atomic E-state index is 12.5. The van der Waals surface area contributed by atoms with Crippen LogP contribution in [0.2, 0.25) is 0 Å². The molecule has 0 aromatic carbocycles. The minimum absolute atomic E-state index is 0.00828. The molecule has 0 radical (unpaired) electrons. The SMILES string of the molecule is CCn1nccc1CN(C)C(=O)c1cnn(CC)c1C. The molecule has 108 valence electrons. The van der Waals surface area contributed by atoms with Crippen LogP contribution in [-0.4, -0.2) is 37.4 Å². The van der Waals surface area contributed by atoms with Gasteiger partial charge in [-0.3, -0.25) is 14.2 Å². The Labute approximate surface area is 119 Å². The lowest BCUT2D eigenvalue weighted by Crippen LogP contribution is -2.27. The number of rotatable bonds is 5. The average molecular weight is 275 g/mol. The number of hydrogen-bond donors (Lipinski definition) is 0. The fourth-order valence-corrected chi connectivity index (χ4v) is 2.27. The second-order valence-corrected chi connectivity index (χ2v) is 4.76. The summed E-state index contributed by atoms with van der Waals surface area (Å²) in [6.07, 6.45) is 3.41. The van der Waals surface area contributed by atoms with Gasteiger partial charge in [0, 0.05) is 32.0 Å². The van der Waals surface area contributed by atoms with Crippen LogP contribution in [0.1, 0.15) is 35.6 Å². The van der Waals surface area contributed by atoms with Crippen molar-refractivity contribution < 1.29 is 4.79 Å². The van der Waals surface area contributed by atoms with E-state index >= 15 is 0 Å². The summed E-state index contributed by atoms with van der Waals surface area (Å²) >= 11 is 0. The molecule has 20 heavy (non-hydrogen) atoms. The van der Waals surface area contributed by atoms with Crippen LogP contribution in [0.4, 0.5) is 0 Å². The zero-order chi connectivity index (χ0) is 14.7. The molecule has 0 unspecified atom stereocenters. The summed E-state index contributed by atoms with van der Waals surface area (Å²) in [5, 5.41) is 8.44. The third-order valence-electron chi connectivity index (χ3n) is 3.48. The smallest absolute Gasteiger partial charge is 0.257 e. The lowest BCUT2D eigenvalue weighted by molar-refractivity contribution is 0.0780. The van der Waals surface area contributed by atoms with E-state index in [1.54, 1.807) is 24.3 Å². The molecule has 0 N–H and O–H groups in total. The second kappa shape index (κ2) is 5.90. The van der Waals surface area contributed by atoms with E-state index in [4.69, 9.17) is 0 Å². The molecule has 2 rings (SSSR count). The number of hydrogen-bond acceptors (Lipinski definition) is 3. The Kier molecular flexibility index (Phi) is 4.22. The second-order valence-electron chi connectivity index (χ2n) is 4.76. The molecule has 2 aromatic heterocycles. The van der Waals surface area contributed by atoms with Crippen molar-refractivity contribution in [2.24, 2.45) is 0 Å². The number of amides is 1. The van der Waals surface area contributed by atoms with Crippen LogP contribution in [0.5, 0.6) is 0 Å². The highest BCUT2D eigenvalue weighted by atomic mass is 16.2. The van der Waals surface area contributed by atoms with Crippen molar-refractivity contribution in [1.82, 2.24) is 24.5 Å². The Hall–Kier alpha value is -2.11. The molecule has 0 fully saturated rings. The fraction of sp³-hybridized carbons (Fsp3) is 0.500. The largest absolute Gasteiger partial charge is 0.336 e. The first-order valence-corrected chi connectivity index (χ1v) is 6.87. The van der Waals surface area contributed by atoms with Crippen LogP contribution in [-0.2, 0) is 19.6 Å². The van der Waals surface area contributed by atoms with Gasteiger partial charge in [0.05, 0.1) is 24.0 Å². The normalized spacial score (nSPS) is 10.8. The van der Waals surface area contributed by atoms with Gasteiger partial charge in [-0.15, -0.1) is 0 Å². The van der Waals surface area contributed by atoms with E-state index in [1.165, 1.54) is 0 Å². The monoisotopic (exact) mass is 275 g/mol.